The van der Waals surface area contributed by atoms with Crippen molar-refractivity contribution in [1.82, 2.24) is 16.2 Å². The standard InChI is InChI=1S/C8H15N3O2S/c1-2-5-9-8(14)11-10-7(13)4-3-6-12/h2,12H,1,3-6H2,(H,10,13)(H2,9,11,14). The number of thiocarbonyl (C=S) groups is 1. The molecule has 6 heteroatoms. The van der Waals surface area contributed by atoms with Gasteiger partial charge in [-0.25, -0.2) is 0 Å². The molecule has 0 radical (unpaired) electrons. The fourth-order valence-electron chi connectivity index (χ4n) is 0.638. The summed E-state index contributed by atoms with van der Waals surface area (Å²) in [6, 6.07) is 0. The van der Waals surface area contributed by atoms with Crippen molar-refractivity contribution < 1.29 is 9.90 Å². The molecule has 0 atom stereocenters. The molecule has 80 valence electrons. The van der Waals surface area contributed by atoms with Crippen molar-refractivity contribution in [2.24, 2.45) is 0 Å². The molecule has 0 rings (SSSR count). The largest absolute Gasteiger partial charge is 0.396 e. The van der Waals surface area contributed by atoms with Crippen molar-refractivity contribution >= 4 is 23.2 Å². The summed E-state index contributed by atoms with van der Waals surface area (Å²) in [4.78, 5) is 11.0. The van der Waals surface area contributed by atoms with Gasteiger partial charge in [0, 0.05) is 19.6 Å². The number of hydrogen-bond acceptors (Lipinski definition) is 3. The van der Waals surface area contributed by atoms with Crippen LogP contribution >= 0.6 is 12.2 Å². The molecule has 0 aliphatic carbocycles. The van der Waals surface area contributed by atoms with Crippen molar-refractivity contribution in [2.75, 3.05) is 13.2 Å². The molecule has 0 aliphatic heterocycles. The predicted octanol–water partition coefficient (Wildman–Crippen LogP) is -0.560. The lowest BCUT2D eigenvalue weighted by molar-refractivity contribution is -0.121. The van der Waals surface area contributed by atoms with Crippen LogP contribution in [0.1, 0.15) is 12.8 Å². The third kappa shape index (κ3) is 7.51. The van der Waals surface area contributed by atoms with Gasteiger partial charge < -0.3 is 10.4 Å². The molecule has 0 unspecified atom stereocenters. The molecule has 0 saturated heterocycles. The molecule has 0 aromatic heterocycles. The van der Waals surface area contributed by atoms with Crippen LogP contribution in [0.25, 0.3) is 0 Å². The lowest BCUT2D eigenvalue weighted by atomic mass is 10.3. The van der Waals surface area contributed by atoms with Crippen LogP contribution in [-0.2, 0) is 4.79 Å². The maximum atomic E-state index is 11.0. The average Bonchev–Trinajstić information content (AvgIpc) is 2.20. The number of aliphatic hydroxyl groups excluding tert-OH is 1. The number of rotatable bonds is 5. The van der Waals surface area contributed by atoms with Crippen LogP contribution in [0.2, 0.25) is 0 Å². The smallest absolute Gasteiger partial charge is 0.238 e. The van der Waals surface area contributed by atoms with Crippen molar-refractivity contribution in [3.8, 4) is 0 Å². The van der Waals surface area contributed by atoms with E-state index in [2.05, 4.69) is 22.7 Å². The highest BCUT2D eigenvalue weighted by Crippen LogP contribution is 1.84. The average molecular weight is 217 g/mol. The summed E-state index contributed by atoms with van der Waals surface area (Å²) in [5.41, 5.74) is 4.91. The van der Waals surface area contributed by atoms with E-state index < -0.39 is 0 Å². The van der Waals surface area contributed by atoms with E-state index in [4.69, 9.17) is 17.3 Å². The molecular formula is C8H15N3O2S. The first-order valence-electron chi connectivity index (χ1n) is 4.25. The van der Waals surface area contributed by atoms with Gasteiger partial charge in [-0.3, -0.25) is 15.6 Å². The minimum Gasteiger partial charge on any atom is -0.396 e. The third-order valence-electron chi connectivity index (χ3n) is 1.28. The molecule has 14 heavy (non-hydrogen) atoms. The Labute approximate surface area is 88.5 Å². The highest BCUT2D eigenvalue weighted by Gasteiger charge is 1.99. The van der Waals surface area contributed by atoms with Crippen molar-refractivity contribution in [3.05, 3.63) is 12.7 Å². The van der Waals surface area contributed by atoms with Crippen molar-refractivity contribution in [2.45, 2.75) is 12.8 Å². The molecule has 0 spiro atoms. The number of aliphatic hydroxyl groups is 1. The highest BCUT2D eigenvalue weighted by atomic mass is 32.1. The van der Waals surface area contributed by atoms with E-state index >= 15 is 0 Å². The number of hydrazine groups is 1. The van der Waals surface area contributed by atoms with Crippen LogP contribution in [0, 0.1) is 0 Å². The maximum Gasteiger partial charge on any atom is 0.238 e. The molecule has 0 bridgehead atoms. The molecule has 0 aromatic carbocycles. The second kappa shape index (κ2) is 8.46. The summed E-state index contributed by atoms with van der Waals surface area (Å²) in [6.07, 6.45) is 2.37. The van der Waals surface area contributed by atoms with E-state index in [0.29, 0.717) is 18.1 Å². The number of carbonyl (C=O) groups excluding carboxylic acids is 1. The summed E-state index contributed by atoms with van der Waals surface area (Å²) < 4.78 is 0. The summed E-state index contributed by atoms with van der Waals surface area (Å²) in [6.45, 7) is 4.05. The van der Waals surface area contributed by atoms with Gasteiger partial charge in [-0.1, -0.05) is 6.08 Å². The SMILES string of the molecule is C=CCNC(=S)NNC(=O)CCCO. The molecule has 0 heterocycles. The topological polar surface area (TPSA) is 73.4 Å². The molecule has 0 aliphatic rings. The van der Waals surface area contributed by atoms with Gasteiger partial charge in [0.05, 0.1) is 0 Å². The Hall–Kier alpha value is -1.14. The molecule has 5 nitrogen and oxygen atoms in total. The van der Waals surface area contributed by atoms with E-state index in [1.807, 2.05) is 0 Å². The molecule has 1 amide bonds. The van der Waals surface area contributed by atoms with Gasteiger partial charge >= 0.3 is 0 Å². The number of amides is 1. The fourth-order valence-corrected chi connectivity index (χ4v) is 0.772. The van der Waals surface area contributed by atoms with Crippen molar-refractivity contribution in [3.63, 3.8) is 0 Å². The maximum absolute atomic E-state index is 11.0. The minimum atomic E-state index is -0.207. The van der Waals surface area contributed by atoms with Gasteiger partial charge in [0.2, 0.25) is 5.91 Å². The van der Waals surface area contributed by atoms with Crippen molar-refractivity contribution in [1.29, 1.82) is 0 Å². The first kappa shape index (κ1) is 12.9. The van der Waals surface area contributed by atoms with Crippen LogP contribution in [0.15, 0.2) is 12.7 Å². The highest BCUT2D eigenvalue weighted by molar-refractivity contribution is 7.80. The Balaban J connectivity index is 3.45. The molecule has 4 N–H and O–H groups in total. The normalized spacial score (nSPS) is 8.93. The van der Waals surface area contributed by atoms with Crippen LogP contribution in [0.5, 0.6) is 0 Å². The van der Waals surface area contributed by atoms with Crippen LogP contribution in [0.4, 0.5) is 0 Å². The summed E-state index contributed by atoms with van der Waals surface area (Å²) in [5.74, 6) is -0.207. The Morgan fingerprint density at radius 1 is 1.50 bits per heavy atom. The van der Waals surface area contributed by atoms with Gasteiger partial charge in [-0.2, -0.15) is 0 Å². The Morgan fingerprint density at radius 3 is 2.79 bits per heavy atom. The Kier molecular flexibility index (Phi) is 7.77. The van der Waals surface area contributed by atoms with Gasteiger partial charge in [-0.15, -0.1) is 6.58 Å². The molecule has 0 saturated carbocycles. The summed E-state index contributed by atoms with van der Waals surface area (Å²) in [7, 11) is 0. The van der Waals surface area contributed by atoms with Gasteiger partial charge in [0.15, 0.2) is 5.11 Å². The minimum absolute atomic E-state index is 0.00653. The quantitative estimate of drug-likeness (QED) is 0.282. The molecule has 0 fully saturated rings. The molecule has 0 aromatic rings. The van der Waals surface area contributed by atoms with Gasteiger partial charge in [0.1, 0.15) is 0 Å². The van der Waals surface area contributed by atoms with E-state index in [0.717, 1.165) is 0 Å². The van der Waals surface area contributed by atoms with Gasteiger partial charge in [-0.05, 0) is 18.6 Å². The fraction of sp³-hybridized carbons (Fsp3) is 0.500. The summed E-state index contributed by atoms with van der Waals surface area (Å²) in [5, 5.41) is 11.6. The second-order valence-electron chi connectivity index (χ2n) is 2.50. The van der Waals surface area contributed by atoms with Crippen LogP contribution < -0.4 is 16.2 Å². The predicted molar refractivity (Wildman–Crippen MR) is 58.4 cm³/mol. The van der Waals surface area contributed by atoms with Gasteiger partial charge in [0.25, 0.3) is 0 Å². The lowest BCUT2D eigenvalue weighted by Crippen LogP contribution is -2.46. The molecular weight excluding hydrogens is 202 g/mol. The Bertz CT molecular complexity index is 209. The number of carbonyl (C=O) groups is 1. The van der Waals surface area contributed by atoms with E-state index in [-0.39, 0.29) is 18.9 Å². The van der Waals surface area contributed by atoms with Crippen LogP contribution in [0.3, 0.4) is 0 Å². The van der Waals surface area contributed by atoms with Crippen LogP contribution in [-0.4, -0.2) is 29.3 Å². The second-order valence-corrected chi connectivity index (χ2v) is 2.91. The van der Waals surface area contributed by atoms with E-state index in [1.165, 1.54) is 0 Å². The zero-order chi connectivity index (χ0) is 10.8. The Morgan fingerprint density at radius 2 is 2.21 bits per heavy atom. The van der Waals surface area contributed by atoms with E-state index in [1.54, 1.807) is 6.08 Å². The lowest BCUT2D eigenvalue weighted by Gasteiger charge is -2.09. The zero-order valence-corrected chi connectivity index (χ0v) is 8.69. The third-order valence-corrected chi connectivity index (χ3v) is 1.53. The number of hydrogen-bond donors (Lipinski definition) is 4. The first-order valence-corrected chi connectivity index (χ1v) is 4.66. The monoisotopic (exact) mass is 217 g/mol. The first-order chi connectivity index (χ1) is 6.70. The summed E-state index contributed by atoms with van der Waals surface area (Å²) >= 11 is 4.82. The zero-order valence-electron chi connectivity index (χ0n) is 7.88. The number of nitrogens with one attached hydrogen (secondary N) is 3. The van der Waals surface area contributed by atoms with E-state index in [9.17, 15) is 4.79 Å².